The number of carbonyl (C=O) groups excluding carboxylic acids is 1. The minimum absolute atomic E-state index is 0.150. The van der Waals surface area contributed by atoms with Gasteiger partial charge in [0.05, 0.1) is 30.3 Å². The standard InChI is InChI=1S/C28H34O15/c1-10-21(33)23(35)25(37)27(39-10)43-26-24(36)22(34)19(9-29)42-28(26)40-12-6-14(31)20-15(32)8-17(41-18(20)7-12)11-3-4-16(38-2)13(30)5-11/h3-7,10,17,19,21-31,33-37H,8-9H2,1-2H3/t10-,17?,19+,21-,22+,23+,24-,25+,26+,27-,28+/m0/s1/i2D3. The minimum Gasteiger partial charge on any atom is -0.507 e. The number of benzene rings is 2. The van der Waals surface area contributed by atoms with Gasteiger partial charge in [0, 0.05) is 12.1 Å². The van der Waals surface area contributed by atoms with Gasteiger partial charge in [0.1, 0.15) is 65.5 Å². The number of Topliss-reactive ketones (excluding diaryl/α,β-unsaturated/α-hetero) is 1. The molecular formula is C28H34O15. The fourth-order valence-corrected chi connectivity index (χ4v) is 5.20. The lowest BCUT2D eigenvalue weighted by Gasteiger charge is -2.45. The van der Waals surface area contributed by atoms with Gasteiger partial charge in [-0.15, -0.1) is 0 Å². The van der Waals surface area contributed by atoms with Crippen molar-refractivity contribution < 1.29 is 78.2 Å². The van der Waals surface area contributed by atoms with Crippen molar-refractivity contribution in [3.8, 4) is 28.7 Å². The lowest BCUT2D eigenvalue weighted by atomic mass is 9.95. The van der Waals surface area contributed by atoms with E-state index in [-0.39, 0.29) is 34.8 Å². The zero-order valence-corrected chi connectivity index (χ0v) is 22.6. The topological polar surface area (TPSA) is 234 Å². The molecule has 0 spiro atoms. The fraction of sp³-hybridized carbons (Fsp3) is 0.536. The second-order valence-electron chi connectivity index (χ2n) is 10.5. The lowest BCUT2D eigenvalue weighted by Crippen LogP contribution is -2.64. The molecule has 15 nitrogen and oxygen atoms in total. The molecule has 8 N–H and O–H groups in total. The second kappa shape index (κ2) is 12.4. The molecule has 0 aliphatic carbocycles. The number of phenols is 2. The van der Waals surface area contributed by atoms with E-state index in [1.807, 2.05) is 0 Å². The zero-order chi connectivity index (χ0) is 33.7. The number of rotatable bonds is 7. The molecule has 0 radical (unpaired) electrons. The second-order valence-corrected chi connectivity index (χ2v) is 10.5. The van der Waals surface area contributed by atoms with E-state index in [0.29, 0.717) is 0 Å². The summed E-state index contributed by atoms with van der Waals surface area (Å²) in [5.74, 6) is -2.26. The third-order valence-electron chi connectivity index (χ3n) is 7.61. The van der Waals surface area contributed by atoms with Crippen molar-refractivity contribution in [2.75, 3.05) is 13.6 Å². The van der Waals surface area contributed by atoms with Gasteiger partial charge in [-0.25, -0.2) is 0 Å². The molecule has 3 aliphatic rings. The Balaban J connectivity index is 1.40. The summed E-state index contributed by atoms with van der Waals surface area (Å²) in [6.07, 6.45) is -17.0. The highest BCUT2D eigenvalue weighted by atomic mass is 16.8. The number of carbonyl (C=O) groups is 1. The van der Waals surface area contributed by atoms with E-state index in [9.17, 15) is 45.6 Å². The van der Waals surface area contributed by atoms with Crippen molar-refractivity contribution in [3.63, 3.8) is 0 Å². The Morgan fingerprint density at radius 2 is 1.70 bits per heavy atom. The molecule has 236 valence electrons. The van der Waals surface area contributed by atoms with Crippen LogP contribution in [0.3, 0.4) is 0 Å². The number of aliphatic hydroxyl groups is 6. The number of ether oxygens (including phenoxy) is 6. The van der Waals surface area contributed by atoms with Crippen LogP contribution >= 0.6 is 0 Å². The normalized spacial score (nSPS) is 37.3. The van der Waals surface area contributed by atoms with E-state index in [0.717, 1.165) is 6.07 Å². The number of fused-ring (bicyclic) bond motifs is 1. The predicted molar refractivity (Wildman–Crippen MR) is 141 cm³/mol. The summed E-state index contributed by atoms with van der Waals surface area (Å²) in [5.41, 5.74) is 0.0937. The Kier molecular flexibility index (Phi) is 7.87. The maximum Gasteiger partial charge on any atom is 0.229 e. The van der Waals surface area contributed by atoms with E-state index in [1.165, 1.54) is 31.2 Å². The van der Waals surface area contributed by atoms with Gasteiger partial charge in [-0.2, -0.15) is 0 Å². The van der Waals surface area contributed by atoms with Crippen LogP contribution in [0.5, 0.6) is 28.7 Å². The summed E-state index contributed by atoms with van der Waals surface area (Å²) in [5, 5.41) is 82.6. The smallest absolute Gasteiger partial charge is 0.229 e. The quantitative estimate of drug-likeness (QED) is 0.184. The lowest BCUT2D eigenvalue weighted by molar-refractivity contribution is -0.354. The first kappa shape index (κ1) is 27.3. The van der Waals surface area contributed by atoms with Gasteiger partial charge in [-0.3, -0.25) is 4.79 Å². The Morgan fingerprint density at radius 3 is 2.40 bits per heavy atom. The van der Waals surface area contributed by atoms with Crippen molar-refractivity contribution >= 4 is 5.78 Å². The molecule has 43 heavy (non-hydrogen) atoms. The SMILES string of the molecule is [2H]C([2H])([2H])Oc1ccc(C2CC(=O)c3c(O)cc(O[C@@H]4O[C@H](CO)[C@@H](O)[C@H](O)[C@H]4O[C@@H]4O[C@@H](C)[C@H](O)[C@@H](O)[C@H]4O)cc3O2)cc1O. The van der Waals surface area contributed by atoms with E-state index >= 15 is 0 Å². The van der Waals surface area contributed by atoms with Crippen molar-refractivity contribution in [1.29, 1.82) is 0 Å². The molecule has 3 heterocycles. The molecule has 0 aromatic heterocycles. The number of hydrogen-bond acceptors (Lipinski definition) is 15. The Labute approximate surface area is 249 Å². The van der Waals surface area contributed by atoms with Crippen LogP contribution in [0.1, 0.15) is 39.5 Å². The van der Waals surface area contributed by atoms with Gasteiger partial charge in [-0.05, 0) is 24.6 Å². The number of methoxy groups -OCH3 is 1. The van der Waals surface area contributed by atoms with Gasteiger partial charge in [0.25, 0.3) is 0 Å². The molecule has 0 amide bonds. The molecule has 5 rings (SSSR count). The molecule has 11 atom stereocenters. The fourth-order valence-electron chi connectivity index (χ4n) is 5.20. The summed E-state index contributed by atoms with van der Waals surface area (Å²) < 4.78 is 54.9. The van der Waals surface area contributed by atoms with Crippen molar-refractivity contribution in [1.82, 2.24) is 0 Å². The number of phenolic OH excluding ortho intramolecular Hbond substituents is 2. The van der Waals surface area contributed by atoms with Crippen LogP contribution in [0.2, 0.25) is 0 Å². The van der Waals surface area contributed by atoms with E-state index in [2.05, 4.69) is 0 Å². The molecule has 0 bridgehead atoms. The maximum absolute atomic E-state index is 13.0. The summed E-state index contributed by atoms with van der Waals surface area (Å²) in [6.45, 7) is 0.646. The summed E-state index contributed by atoms with van der Waals surface area (Å²) in [4.78, 5) is 13.0. The Morgan fingerprint density at radius 1 is 0.930 bits per heavy atom. The van der Waals surface area contributed by atoms with Gasteiger partial charge in [0.2, 0.25) is 6.29 Å². The molecule has 15 heteroatoms. The van der Waals surface area contributed by atoms with E-state index < -0.39 is 98.4 Å². The first-order valence-electron chi connectivity index (χ1n) is 14.8. The summed E-state index contributed by atoms with van der Waals surface area (Å²) >= 11 is 0. The molecule has 2 aromatic carbocycles. The summed E-state index contributed by atoms with van der Waals surface area (Å²) in [6, 6.07) is 6.02. The molecule has 2 aromatic rings. The Hall–Kier alpha value is -3.25. The van der Waals surface area contributed by atoms with Crippen LogP contribution in [-0.4, -0.2) is 122 Å². The number of ketones is 1. The van der Waals surface area contributed by atoms with Gasteiger partial charge < -0.3 is 69.3 Å². The van der Waals surface area contributed by atoms with E-state index in [4.69, 9.17) is 32.5 Å². The van der Waals surface area contributed by atoms with Crippen LogP contribution in [0.15, 0.2) is 30.3 Å². The Bertz CT molecular complexity index is 1420. The van der Waals surface area contributed by atoms with E-state index in [1.54, 1.807) is 0 Å². The number of aromatic hydroxyl groups is 2. The van der Waals surface area contributed by atoms with Crippen LogP contribution in [0.4, 0.5) is 0 Å². The van der Waals surface area contributed by atoms with Crippen LogP contribution in [0, 0.1) is 0 Å². The summed E-state index contributed by atoms with van der Waals surface area (Å²) in [7, 11) is -2.81. The molecule has 3 aliphatic heterocycles. The largest absolute Gasteiger partial charge is 0.507 e. The van der Waals surface area contributed by atoms with Gasteiger partial charge in [-0.1, -0.05) is 6.07 Å². The highest BCUT2D eigenvalue weighted by Gasteiger charge is 2.51. The van der Waals surface area contributed by atoms with Crippen molar-refractivity contribution in [3.05, 3.63) is 41.5 Å². The molecule has 0 saturated carbocycles. The first-order valence-corrected chi connectivity index (χ1v) is 13.3. The third-order valence-corrected chi connectivity index (χ3v) is 7.61. The molecule has 2 saturated heterocycles. The van der Waals surface area contributed by atoms with Crippen molar-refractivity contribution in [2.45, 2.75) is 80.9 Å². The maximum atomic E-state index is 13.0. The third kappa shape index (κ3) is 5.95. The number of aliphatic hydroxyl groups excluding tert-OH is 6. The van der Waals surface area contributed by atoms with Crippen LogP contribution in [0.25, 0.3) is 0 Å². The molecule has 1 unspecified atom stereocenters. The highest BCUT2D eigenvalue weighted by Crippen LogP contribution is 2.43. The van der Waals surface area contributed by atoms with Crippen molar-refractivity contribution in [2.24, 2.45) is 0 Å². The van der Waals surface area contributed by atoms with Crippen LogP contribution < -0.4 is 14.2 Å². The van der Waals surface area contributed by atoms with Gasteiger partial charge in [0.15, 0.2) is 29.7 Å². The number of hydrogen-bond donors (Lipinski definition) is 8. The predicted octanol–water partition coefficient (Wildman–Crippen LogP) is -1.16. The monoisotopic (exact) mass is 613 g/mol. The average molecular weight is 614 g/mol. The van der Waals surface area contributed by atoms with Gasteiger partial charge >= 0.3 is 0 Å². The first-order chi connectivity index (χ1) is 21.6. The average Bonchev–Trinajstić information content (AvgIpc) is 2.98. The molecule has 2 fully saturated rings. The minimum atomic E-state index is -2.81. The molecular weight excluding hydrogens is 576 g/mol. The van der Waals surface area contributed by atoms with Crippen LogP contribution in [-0.2, 0) is 14.2 Å². The highest BCUT2D eigenvalue weighted by molar-refractivity contribution is 6.02. The zero-order valence-electron chi connectivity index (χ0n) is 25.6.